The fourth-order valence-electron chi connectivity index (χ4n) is 3.07. The number of benzene rings is 2. The van der Waals surface area contributed by atoms with Gasteiger partial charge in [0.1, 0.15) is 11.6 Å². The molecular weight excluding hydrogens is 310 g/mol. The van der Waals surface area contributed by atoms with Gasteiger partial charge in [0.05, 0.1) is 6.04 Å². The fraction of sp³-hybridized carbons (Fsp3) is 0.316. The van der Waals surface area contributed by atoms with Crippen molar-refractivity contribution in [3.63, 3.8) is 0 Å². The summed E-state index contributed by atoms with van der Waals surface area (Å²) in [5.74, 6) is -0.467. The smallest absolute Gasteiger partial charge is 0.317 e. The van der Waals surface area contributed by atoms with Crippen LogP contribution in [0.1, 0.15) is 29.2 Å². The van der Waals surface area contributed by atoms with E-state index in [1.807, 2.05) is 6.07 Å². The quantitative estimate of drug-likeness (QED) is 0.908. The van der Waals surface area contributed by atoms with Crippen molar-refractivity contribution < 1.29 is 13.6 Å². The Morgan fingerprint density at radius 1 is 1.21 bits per heavy atom. The molecule has 0 aliphatic heterocycles. The molecule has 2 aromatic carbocycles. The molecule has 0 fully saturated rings. The number of hydrogen-bond acceptors (Lipinski definition) is 1. The maximum absolute atomic E-state index is 13.7. The highest BCUT2D eigenvalue weighted by atomic mass is 19.1. The molecule has 0 saturated carbocycles. The van der Waals surface area contributed by atoms with Crippen molar-refractivity contribution in [3.8, 4) is 0 Å². The SMILES string of the molecule is CN(CCc1ccc(F)cc1)C(=O)NC1CCc2c(F)cccc21. The van der Waals surface area contributed by atoms with Crippen LogP contribution in [0.25, 0.3) is 0 Å². The zero-order valence-electron chi connectivity index (χ0n) is 13.6. The topological polar surface area (TPSA) is 32.3 Å². The molecule has 5 heteroatoms. The Labute approximate surface area is 140 Å². The minimum absolute atomic E-state index is 0.142. The number of hydrogen-bond donors (Lipinski definition) is 1. The number of fused-ring (bicyclic) bond motifs is 1. The summed E-state index contributed by atoms with van der Waals surface area (Å²) < 4.78 is 26.6. The normalized spacial score (nSPS) is 15.9. The highest BCUT2D eigenvalue weighted by Gasteiger charge is 2.26. The van der Waals surface area contributed by atoms with Gasteiger partial charge in [-0.25, -0.2) is 13.6 Å². The van der Waals surface area contributed by atoms with Gasteiger partial charge in [0.25, 0.3) is 0 Å². The standard InChI is InChI=1S/C19H20F2N2O/c1-23(12-11-13-5-7-14(20)8-6-13)19(24)22-18-10-9-15-16(18)3-2-4-17(15)21/h2-8,18H,9-12H2,1H3,(H,22,24). The Bertz CT molecular complexity index is 731. The van der Waals surface area contributed by atoms with Gasteiger partial charge >= 0.3 is 6.03 Å². The predicted molar refractivity (Wildman–Crippen MR) is 88.7 cm³/mol. The predicted octanol–water partition coefficient (Wildman–Crippen LogP) is 3.84. The van der Waals surface area contributed by atoms with Crippen molar-refractivity contribution in [2.75, 3.05) is 13.6 Å². The lowest BCUT2D eigenvalue weighted by atomic mass is 10.1. The highest BCUT2D eigenvalue weighted by molar-refractivity contribution is 5.74. The highest BCUT2D eigenvalue weighted by Crippen LogP contribution is 2.32. The van der Waals surface area contributed by atoms with E-state index in [-0.39, 0.29) is 23.7 Å². The molecule has 3 rings (SSSR count). The van der Waals surface area contributed by atoms with E-state index in [4.69, 9.17) is 0 Å². The second-order valence-corrected chi connectivity index (χ2v) is 6.15. The van der Waals surface area contributed by atoms with Crippen molar-refractivity contribution in [2.24, 2.45) is 0 Å². The molecule has 1 N–H and O–H groups in total. The van der Waals surface area contributed by atoms with E-state index in [0.29, 0.717) is 31.4 Å². The van der Waals surface area contributed by atoms with Crippen molar-refractivity contribution in [3.05, 3.63) is 70.8 Å². The van der Waals surface area contributed by atoms with Crippen LogP contribution >= 0.6 is 0 Å². The van der Waals surface area contributed by atoms with Gasteiger partial charge in [-0.1, -0.05) is 24.3 Å². The molecule has 0 bridgehead atoms. The summed E-state index contributed by atoms with van der Waals surface area (Å²) in [5, 5.41) is 2.97. The lowest BCUT2D eigenvalue weighted by molar-refractivity contribution is 0.205. The molecular formula is C19H20F2N2O. The van der Waals surface area contributed by atoms with E-state index in [0.717, 1.165) is 11.1 Å². The Morgan fingerprint density at radius 2 is 1.96 bits per heavy atom. The average Bonchev–Trinajstić information content (AvgIpc) is 2.98. The number of nitrogens with one attached hydrogen (secondary N) is 1. The number of urea groups is 1. The zero-order valence-corrected chi connectivity index (χ0v) is 13.6. The van der Waals surface area contributed by atoms with Gasteiger partial charge in [0, 0.05) is 13.6 Å². The van der Waals surface area contributed by atoms with Gasteiger partial charge in [0.15, 0.2) is 0 Å². The molecule has 0 spiro atoms. The van der Waals surface area contributed by atoms with E-state index in [1.165, 1.54) is 18.2 Å². The molecule has 1 unspecified atom stereocenters. The van der Waals surface area contributed by atoms with Gasteiger partial charge in [0.2, 0.25) is 0 Å². The molecule has 0 heterocycles. The maximum atomic E-state index is 13.7. The second kappa shape index (κ2) is 6.99. The fourth-order valence-corrected chi connectivity index (χ4v) is 3.07. The Balaban J connectivity index is 1.56. The first-order valence-electron chi connectivity index (χ1n) is 8.08. The summed E-state index contributed by atoms with van der Waals surface area (Å²) in [4.78, 5) is 13.9. The molecule has 2 amide bonds. The third-order valence-electron chi connectivity index (χ3n) is 4.51. The lowest BCUT2D eigenvalue weighted by Crippen LogP contribution is -2.39. The van der Waals surface area contributed by atoms with Crippen molar-refractivity contribution in [1.29, 1.82) is 0 Å². The summed E-state index contributed by atoms with van der Waals surface area (Å²) in [6.45, 7) is 0.528. The van der Waals surface area contributed by atoms with E-state index in [9.17, 15) is 13.6 Å². The van der Waals surface area contributed by atoms with Crippen LogP contribution in [0, 0.1) is 11.6 Å². The monoisotopic (exact) mass is 330 g/mol. The second-order valence-electron chi connectivity index (χ2n) is 6.15. The molecule has 1 atom stereocenters. The Morgan fingerprint density at radius 3 is 2.71 bits per heavy atom. The number of halogens is 2. The molecule has 2 aromatic rings. The third-order valence-corrected chi connectivity index (χ3v) is 4.51. The van der Waals surface area contributed by atoms with Gasteiger partial charge in [-0.2, -0.15) is 0 Å². The van der Waals surface area contributed by atoms with Crippen LogP contribution < -0.4 is 5.32 Å². The number of nitrogens with zero attached hydrogens (tertiary/aromatic N) is 1. The van der Waals surface area contributed by atoms with Crippen molar-refractivity contribution >= 4 is 6.03 Å². The Hall–Kier alpha value is -2.43. The van der Waals surface area contributed by atoms with Gasteiger partial charge < -0.3 is 10.2 Å². The van der Waals surface area contributed by atoms with Crippen LogP contribution in [-0.2, 0) is 12.8 Å². The first-order valence-corrected chi connectivity index (χ1v) is 8.08. The van der Waals surface area contributed by atoms with Crippen LogP contribution in [0.4, 0.5) is 13.6 Å². The van der Waals surface area contributed by atoms with Crippen molar-refractivity contribution in [1.82, 2.24) is 10.2 Å². The molecule has 126 valence electrons. The zero-order chi connectivity index (χ0) is 17.1. The number of carbonyl (C=O) groups is 1. The summed E-state index contributed by atoms with van der Waals surface area (Å²) in [5.41, 5.74) is 2.55. The first-order chi connectivity index (χ1) is 11.5. The van der Waals surface area contributed by atoms with Gasteiger partial charge in [-0.3, -0.25) is 0 Å². The third kappa shape index (κ3) is 3.55. The summed E-state index contributed by atoms with van der Waals surface area (Å²) in [6.07, 6.45) is 2.01. The molecule has 0 saturated heterocycles. The lowest BCUT2D eigenvalue weighted by Gasteiger charge is -2.21. The summed E-state index contributed by atoms with van der Waals surface area (Å²) in [6, 6.07) is 11.0. The minimum Gasteiger partial charge on any atom is -0.331 e. The van der Waals surface area contributed by atoms with E-state index < -0.39 is 0 Å². The van der Waals surface area contributed by atoms with Crippen LogP contribution in [0.15, 0.2) is 42.5 Å². The van der Waals surface area contributed by atoms with Crippen LogP contribution in [0.5, 0.6) is 0 Å². The number of amides is 2. The number of carbonyl (C=O) groups excluding carboxylic acids is 1. The Kier molecular flexibility index (Phi) is 4.79. The van der Waals surface area contributed by atoms with Crippen LogP contribution in [0.2, 0.25) is 0 Å². The summed E-state index contributed by atoms with van der Waals surface area (Å²) >= 11 is 0. The average molecular weight is 330 g/mol. The maximum Gasteiger partial charge on any atom is 0.317 e. The summed E-state index contributed by atoms with van der Waals surface area (Å²) in [7, 11) is 1.72. The number of likely N-dealkylation sites (N-methyl/N-ethyl adjacent to an activating group) is 1. The molecule has 3 nitrogen and oxygen atoms in total. The minimum atomic E-state index is -0.267. The van der Waals surface area contributed by atoms with Crippen LogP contribution in [0.3, 0.4) is 0 Å². The molecule has 0 radical (unpaired) electrons. The molecule has 1 aliphatic rings. The molecule has 1 aliphatic carbocycles. The van der Waals surface area contributed by atoms with E-state index in [1.54, 1.807) is 30.1 Å². The van der Waals surface area contributed by atoms with Crippen LogP contribution in [-0.4, -0.2) is 24.5 Å². The molecule has 24 heavy (non-hydrogen) atoms. The molecule has 0 aromatic heterocycles. The number of rotatable bonds is 4. The van der Waals surface area contributed by atoms with E-state index in [2.05, 4.69) is 5.32 Å². The van der Waals surface area contributed by atoms with Gasteiger partial charge in [-0.15, -0.1) is 0 Å². The van der Waals surface area contributed by atoms with Gasteiger partial charge in [-0.05, 0) is 54.2 Å². The first kappa shape index (κ1) is 16.4. The largest absolute Gasteiger partial charge is 0.331 e. The van der Waals surface area contributed by atoms with E-state index >= 15 is 0 Å². The van der Waals surface area contributed by atoms with Crippen molar-refractivity contribution in [2.45, 2.75) is 25.3 Å².